The zero-order chi connectivity index (χ0) is 14.4. The molecule has 0 atom stereocenters. The van der Waals surface area contributed by atoms with Crippen LogP contribution in [0.15, 0.2) is 10.9 Å². The summed E-state index contributed by atoms with van der Waals surface area (Å²) in [5.41, 5.74) is -2.80. The van der Waals surface area contributed by atoms with Crippen LogP contribution in [-0.2, 0) is 12.6 Å². The van der Waals surface area contributed by atoms with Crippen LogP contribution in [0.5, 0.6) is 0 Å². The summed E-state index contributed by atoms with van der Waals surface area (Å²) in [7, 11) is 0. The molecule has 0 radical (unpaired) electrons. The Morgan fingerprint density at radius 2 is 2.00 bits per heavy atom. The van der Waals surface area contributed by atoms with Crippen molar-refractivity contribution in [2.24, 2.45) is 0 Å². The Morgan fingerprint density at radius 1 is 1.37 bits per heavy atom. The molecule has 0 aliphatic rings. The standard InChI is InChI=1S/C12H10F4N2O/c1-3-6-4-7-10(17-5(2)18-11(7)19)9(13)8(6)12(14,15)16/h4H,3H2,1-2H3,(H,17,18,19). The molecule has 2 aromatic rings. The lowest BCUT2D eigenvalue weighted by Gasteiger charge is -2.14. The fraction of sp³-hybridized carbons (Fsp3) is 0.333. The molecule has 0 fully saturated rings. The summed E-state index contributed by atoms with van der Waals surface area (Å²) in [6.07, 6.45) is -4.85. The molecule has 19 heavy (non-hydrogen) atoms. The van der Waals surface area contributed by atoms with Crippen molar-refractivity contribution in [1.82, 2.24) is 9.97 Å². The fourth-order valence-electron chi connectivity index (χ4n) is 1.99. The van der Waals surface area contributed by atoms with Crippen LogP contribution in [-0.4, -0.2) is 9.97 Å². The van der Waals surface area contributed by atoms with E-state index in [-0.39, 0.29) is 23.2 Å². The van der Waals surface area contributed by atoms with Gasteiger partial charge in [0.25, 0.3) is 5.56 Å². The molecular weight excluding hydrogens is 264 g/mol. The van der Waals surface area contributed by atoms with Crippen molar-refractivity contribution in [2.75, 3.05) is 0 Å². The molecule has 102 valence electrons. The Hall–Kier alpha value is -1.92. The van der Waals surface area contributed by atoms with E-state index in [2.05, 4.69) is 9.97 Å². The number of nitrogens with zero attached hydrogens (tertiary/aromatic N) is 1. The predicted molar refractivity (Wildman–Crippen MR) is 61.4 cm³/mol. The molecule has 1 aromatic carbocycles. The van der Waals surface area contributed by atoms with Gasteiger partial charge in [0, 0.05) is 0 Å². The first kappa shape index (κ1) is 13.5. The fourth-order valence-corrected chi connectivity index (χ4v) is 1.99. The summed E-state index contributed by atoms with van der Waals surface area (Å²) in [5, 5.41) is -0.173. The topological polar surface area (TPSA) is 45.8 Å². The van der Waals surface area contributed by atoms with E-state index < -0.39 is 28.6 Å². The van der Waals surface area contributed by atoms with E-state index in [1.807, 2.05) is 0 Å². The zero-order valence-electron chi connectivity index (χ0n) is 10.2. The maximum atomic E-state index is 14.0. The number of hydrogen-bond acceptors (Lipinski definition) is 2. The molecule has 7 heteroatoms. The highest BCUT2D eigenvalue weighted by Gasteiger charge is 2.38. The summed E-state index contributed by atoms with van der Waals surface area (Å²) >= 11 is 0. The Bertz CT molecular complexity index is 703. The molecule has 1 heterocycles. The lowest BCUT2D eigenvalue weighted by Crippen LogP contribution is -2.17. The minimum absolute atomic E-state index is 0.0327. The van der Waals surface area contributed by atoms with Crippen LogP contribution in [0.25, 0.3) is 10.9 Å². The SMILES string of the molecule is CCc1cc2c(=O)[nH]c(C)nc2c(F)c1C(F)(F)F. The van der Waals surface area contributed by atoms with Crippen LogP contribution >= 0.6 is 0 Å². The van der Waals surface area contributed by atoms with Crippen molar-refractivity contribution in [3.8, 4) is 0 Å². The van der Waals surface area contributed by atoms with Gasteiger partial charge in [0.15, 0.2) is 5.82 Å². The predicted octanol–water partition coefficient (Wildman–Crippen LogP) is 2.95. The molecular formula is C12H10F4N2O. The van der Waals surface area contributed by atoms with E-state index in [0.717, 1.165) is 6.07 Å². The van der Waals surface area contributed by atoms with Crippen LogP contribution < -0.4 is 5.56 Å². The van der Waals surface area contributed by atoms with Gasteiger partial charge in [0.05, 0.1) is 10.9 Å². The van der Waals surface area contributed by atoms with Crippen molar-refractivity contribution in [3.05, 3.63) is 39.2 Å². The molecule has 1 aromatic heterocycles. The van der Waals surface area contributed by atoms with Gasteiger partial charge in [-0.2, -0.15) is 13.2 Å². The van der Waals surface area contributed by atoms with E-state index in [1.54, 1.807) is 0 Å². The van der Waals surface area contributed by atoms with Gasteiger partial charge in [0.1, 0.15) is 11.3 Å². The molecule has 0 spiro atoms. The quantitative estimate of drug-likeness (QED) is 0.813. The third kappa shape index (κ3) is 2.20. The van der Waals surface area contributed by atoms with Gasteiger partial charge in [-0.1, -0.05) is 6.92 Å². The second kappa shape index (κ2) is 4.32. The Kier molecular flexibility index (Phi) is 3.07. The number of aromatic amines is 1. The first-order chi connectivity index (χ1) is 8.75. The molecule has 0 saturated heterocycles. The highest BCUT2D eigenvalue weighted by atomic mass is 19.4. The number of aryl methyl sites for hydroxylation is 2. The average Bonchev–Trinajstić information content (AvgIpc) is 2.28. The summed E-state index contributed by atoms with van der Waals surface area (Å²) < 4.78 is 52.7. The lowest BCUT2D eigenvalue weighted by atomic mass is 10.0. The average molecular weight is 274 g/mol. The maximum Gasteiger partial charge on any atom is 0.419 e. The number of halogens is 4. The molecule has 0 unspecified atom stereocenters. The van der Waals surface area contributed by atoms with Crippen LogP contribution in [0.3, 0.4) is 0 Å². The van der Waals surface area contributed by atoms with Gasteiger partial charge >= 0.3 is 6.18 Å². The maximum absolute atomic E-state index is 14.0. The number of fused-ring (bicyclic) bond motifs is 1. The van der Waals surface area contributed by atoms with Crippen molar-refractivity contribution < 1.29 is 17.6 Å². The molecule has 0 bridgehead atoms. The first-order valence-electron chi connectivity index (χ1n) is 5.55. The van der Waals surface area contributed by atoms with Crippen molar-refractivity contribution >= 4 is 10.9 Å². The van der Waals surface area contributed by atoms with Crippen LogP contribution in [0.2, 0.25) is 0 Å². The van der Waals surface area contributed by atoms with Gasteiger partial charge < -0.3 is 4.98 Å². The number of H-pyrrole nitrogens is 1. The number of nitrogens with one attached hydrogen (secondary N) is 1. The smallest absolute Gasteiger partial charge is 0.310 e. The minimum atomic E-state index is -4.82. The Labute approximate surface area is 105 Å². The van der Waals surface area contributed by atoms with Crippen molar-refractivity contribution in [2.45, 2.75) is 26.4 Å². The van der Waals surface area contributed by atoms with E-state index in [0.29, 0.717) is 0 Å². The third-order valence-corrected chi connectivity index (χ3v) is 2.81. The van der Waals surface area contributed by atoms with Crippen LogP contribution in [0.1, 0.15) is 23.9 Å². The molecule has 2 rings (SSSR count). The monoisotopic (exact) mass is 274 g/mol. The number of rotatable bonds is 1. The molecule has 0 aliphatic heterocycles. The Balaban J connectivity index is 2.99. The number of aromatic nitrogens is 2. The largest absolute Gasteiger partial charge is 0.419 e. The molecule has 3 nitrogen and oxygen atoms in total. The molecule has 1 N–H and O–H groups in total. The van der Waals surface area contributed by atoms with Gasteiger partial charge in [-0.3, -0.25) is 4.79 Å². The zero-order valence-corrected chi connectivity index (χ0v) is 10.2. The molecule has 0 amide bonds. The van der Waals surface area contributed by atoms with Crippen molar-refractivity contribution in [1.29, 1.82) is 0 Å². The van der Waals surface area contributed by atoms with E-state index in [9.17, 15) is 22.4 Å². The summed E-state index contributed by atoms with van der Waals surface area (Å²) in [6, 6.07) is 1.05. The number of alkyl halides is 3. The minimum Gasteiger partial charge on any atom is -0.310 e. The van der Waals surface area contributed by atoms with E-state index in [4.69, 9.17) is 0 Å². The van der Waals surface area contributed by atoms with Gasteiger partial charge in [0.2, 0.25) is 0 Å². The van der Waals surface area contributed by atoms with E-state index >= 15 is 0 Å². The van der Waals surface area contributed by atoms with Gasteiger partial charge in [-0.05, 0) is 25.0 Å². The van der Waals surface area contributed by atoms with Crippen LogP contribution in [0, 0.1) is 12.7 Å². The normalized spacial score (nSPS) is 12.1. The highest BCUT2D eigenvalue weighted by Crippen LogP contribution is 2.36. The third-order valence-electron chi connectivity index (χ3n) is 2.81. The number of hydrogen-bond donors (Lipinski definition) is 1. The second-order valence-electron chi connectivity index (χ2n) is 4.12. The molecule has 0 aliphatic carbocycles. The van der Waals surface area contributed by atoms with Gasteiger partial charge in [-0.25, -0.2) is 9.37 Å². The van der Waals surface area contributed by atoms with Crippen LogP contribution in [0.4, 0.5) is 17.6 Å². The Morgan fingerprint density at radius 3 is 2.53 bits per heavy atom. The lowest BCUT2D eigenvalue weighted by molar-refractivity contribution is -0.140. The highest BCUT2D eigenvalue weighted by molar-refractivity contribution is 5.80. The van der Waals surface area contributed by atoms with E-state index in [1.165, 1.54) is 13.8 Å². The first-order valence-corrected chi connectivity index (χ1v) is 5.55. The summed E-state index contributed by atoms with van der Waals surface area (Å²) in [4.78, 5) is 17.6. The summed E-state index contributed by atoms with van der Waals surface area (Å²) in [6.45, 7) is 2.84. The second-order valence-corrected chi connectivity index (χ2v) is 4.12. The summed E-state index contributed by atoms with van der Waals surface area (Å²) in [5.74, 6) is -1.43. The van der Waals surface area contributed by atoms with Crippen molar-refractivity contribution in [3.63, 3.8) is 0 Å². The number of benzene rings is 1. The van der Waals surface area contributed by atoms with Gasteiger partial charge in [-0.15, -0.1) is 0 Å². The molecule has 0 saturated carbocycles.